The van der Waals surface area contributed by atoms with E-state index in [4.69, 9.17) is 9.47 Å². The second kappa shape index (κ2) is 5.85. The van der Waals surface area contributed by atoms with E-state index in [0.717, 1.165) is 30.4 Å². The standard InChI is InChI=1S/C25H34O4/c1-6-7-16-12-25(14-19(26)22(4,5)29-25)21-17(20(16)27)8-9-24(28-21)11-10-23(15(2)3)13-18(23)24/h6,12,15,18-19,26H,1,7-11,13-14H2,2-5H3/t18-,19-,23+,24+,25-/m1/s1. The quantitative estimate of drug-likeness (QED) is 0.704. The summed E-state index contributed by atoms with van der Waals surface area (Å²) < 4.78 is 13.4. The van der Waals surface area contributed by atoms with Crippen LogP contribution in [0.25, 0.3) is 0 Å². The Bertz CT molecular complexity index is 849. The van der Waals surface area contributed by atoms with Gasteiger partial charge in [-0.25, -0.2) is 0 Å². The van der Waals surface area contributed by atoms with Crippen molar-refractivity contribution in [2.75, 3.05) is 0 Å². The van der Waals surface area contributed by atoms with Crippen molar-refractivity contribution >= 4 is 5.78 Å². The molecule has 4 heteroatoms. The molecule has 3 aliphatic carbocycles. The summed E-state index contributed by atoms with van der Waals surface area (Å²) in [6.07, 6.45) is 9.22. The summed E-state index contributed by atoms with van der Waals surface area (Å²) in [4.78, 5) is 13.2. The van der Waals surface area contributed by atoms with Gasteiger partial charge in [-0.05, 0) is 69.8 Å². The minimum absolute atomic E-state index is 0.0760. The molecule has 0 aromatic rings. The molecule has 0 aromatic heterocycles. The van der Waals surface area contributed by atoms with Gasteiger partial charge in [-0.3, -0.25) is 4.79 Å². The maximum absolute atomic E-state index is 13.2. The maximum atomic E-state index is 13.2. The fourth-order valence-electron chi connectivity index (χ4n) is 6.85. The molecule has 5 atom stereocenters. The van der Waals surface area contributed by atoms with Crippen LogP contribution < -0.4 is 0 Å². The lowest BCUT2D eigenvalue weighted by atomic mass is 9.76. The molecule has 2 spiro atoms. The molecule has 5 aliphatic rings. The van der Waals surface area contributed by atoms with Gasteiger partial charge < -0.3 is 14.6 Å². The largest absolute Gasteiger partial charge is 0.487 e. The molecule has 0 radical (unpaired) electrons. The number of fused-ring (bicyclic) bond motifs is 3. The molecule has 4 nitrogen and oxygen atoms in total. The summed E-state index contributed by atoms with van der Waals surface area (Å²) in [7, 11) is 0. The molecule has 0 aromatic carbocycles. The Morgan fingerprint density at radius 2 is 2.03 bits per heavy atom. The van der Waals surface area contributed by atoms with Crippen LogP contribution in [0.15, 0.2) is 35.6 Å². The lowest BCUT2D eigenvalue weighted by molar-refractivity contribution is -0.130. The second-order valence-corrected chi connectivity index (χ2v) is 10.9. The Morgan fingerprint density at radius 3 is 2.59 bits per heavy atom. The highest BCUT2D eigenvalue weighted by Crippen LogP contribution is 2.74. The molecular weight excluding hydrogens is 364 g/mol. The SMILES string of the molecule is C=CCC1=C[C@@]2(C[C@@H](O)C(C)(C)O2)C2=C(CC[C@@]3(CC[C@@]4(C(C)C)C[C@@H]34)O2)C1=O. The topological polar surface area (TPSA) is 55.8 Å². The van der Waals surface area contributed by atoms with Gasteiger partial charge >= 0.3 is 0 Å². The Labute approximate surface area is 174 Å². The van der Waals surface area contributed by atoms with E-state index in [0.29, 0.717) is 35.9 Å². The minimum Gasteiger partial charge on any atom is -0.487 e. The average Bonchev–Trinajstić information content (AvgIpc) is 3.28. The maximum Gasteiger partial charge on any atom is 0.188 e. The third-order valence-corrected chi connectivity index (χ3v) is 8.76. The summed E-state index contributed by atoms with van der Waals surface area (Å²) in [5.41, 5.74) is 0.222. The first-order chi connectivity index (χ1) is 13.6. The number of carbonyl (C=O) groups is 1. The molecule has 2 saturated carbocycles. The van der Waals surface area contributed by atoms with Gasteiger partial charge in [-0.1, -0.05) is 19.9 Å². The highest BCUT2D eigenvalue weighted by molar-refractivity contribution is 6.10. The van der Waals surface area contributed by atoms with Crippen LogP contribution in [-0.4, -0.2) is 33.8 Å². The molecule has 2 aliphatic heterocycles. The highest BCUT2D eigenvalue weighted by atomic mass is 16.6. The van der Waals surface area contributed by atoms with Crippen molar-refractivity contribution in [3.05, 3.63) is 35.6 Å². The van der Waals surface area contributed by atoms with Crippen LogP contribution in [-0.2, 0) is 14.3 Å². The van der Waals surface area contributed by atoms with E-state index in [1.165, 1.54) is 12.8 Å². The number of ether oxygens (including phenoxy) is 2. The number of rotatable bonds is 3. The highest BCUT2D eigenvalue weighted by Gasteiger charge is 2.72. The van der Waals surface area contributed by atoms with Crippen LogP contribution in [0.2, 0.25) is 0 Å². The van der Waals surface area contributed by atoms with Gasteiger partial charge in [0.05, 0.1) is 11.7 Å². The summed E-state index contributed by atoms with van der Waals surface area (Å²) in [6.45, 7) is 12.3. The predicted molar refractivity (Wildman–Crippen MR) is 111 cm³/mol. The molecule has 2 heterocycles. The molecule has 158 valence electrons. The number of allylic oxidation sites excluding steroid dienone is 3. The zero-order chi connectivity index (χ0) is 20.8. The third-order valence-electron chi connectivity index (χ3n) is 8.76. The third kappa shape index (κ3) is 2.48. The summed E-state index contributed by atoms with van der Waals surface area (Å²) >= 11 is 0. The van der Waals surface area contributed by atoms with Crippen molar-refractivity contribution in [2.45, 2.75) is 95.5 Å². The number of hydrogen-bond donors (Lipinski definition) is 1. The Morgan fingerprint density at radius 1 is 1.28 bits per heavy atom. The van der Waals surface area contributed by atoms with Crippen molar-refractivity contribution in [3.8, 4) is 0 Å². The lowest BCUT2D eigenvalue weighted by Gasteiger charge is -2.45. The van der Waals surface area contributed by atoms with E-state index in [1.807, 2.05) is 19.9 Å². The molecule has 1 saturated heterocycles. The van der Waals surface area contributed by atoms with Crippen molar-refractivity contribution in [3.63, 3.8) is 0 Å². The van der Waals surface area contributed by atoms with Crippen molar-refractivity contribution in [2.24, 2.45) is 17.3 Å². The van der Waals surface area contributed by atoms with Crippen LogP contribution in [0.3, 0.4) is 0 Å². The number of carbonyl (C=O) groups excluding carboxylic acids is 1. The Hall–Kier alpha value is -1.39. The van der Waals surface area contributed by atoms with Gasteiger partial charge in [0.15, 0.2) is 5.78 Å². The normalized spacial score (nSPS) is 44.8. The molecule has 3 fully saturated rings. The van der Waals surface area contributed by atoms with Gasteiger partial charge in [0.1, 0.15) is 17.0 Å². The van der Waals surface area contributed by atoms with Gasteiger partial charge in [0.2, 0.25) is 0 Å². The predicted octanol–water partition coefficient (Wildman–Crippen LogP) is 4.63. The molecule has 0 amide bonds. The van der Waals surface area contributed by atoms with Gasteiger partial charge in [-0.2, -0.15) is 0 Å². The zero-order valence-corrected chi connectivity index (χ0v) is 18.2. The van der Waals surface area contributed by atoms with E-state index in [9.17, 15) is 9.90 Å². The van der Waals surface area contributed by atoms with E-state index in [1.54, 1.807) is 6.08 Å². The number of aliphatic hydroxyl groups excluding tert-OH is 1. The van der Waals surface area contributed by atoms with Crippen LogP contribution in [0.4, 0.5) is 0 Å². The summed E-state index contributed by atoms with van der Waals surface area (Å²) in [5.74, 6) is 2.02. The Balaban J connectivity index is 1.56. The lowest BCUT2D eigenvalue weighted by Crippen LogP contribution is -2.47. The smallest absolute Gasteiger partial charge is 0.188 e. The van der Waals surface area contributed by atoms with Crippen LogP contribution in [0.1, 0.15) is 72.6 Å². The number of ketones is 1. The fraction of sp³-hybridized carbons (Fsp3) is 0.720. The Kier molecular flexibility index (Phi) is 3.95. The van der Waals surface area contributed by atoms with E-state index < -0.39 is 17.3 Å². The molecule has 0 unspecified atom stereocenters. The monoisotopic (exact) mass is 398 g/mol. The first-order valence-electron chi connectivity index (χ1n) is 11.3. The van der Waals surface area contributed by atoms with E-state index in [2.05, 4.69) is 20.4 Å². The molecule has 1 N–H and O–H groups in total. The minimum atomic E-state index is -0.837. The van der Waals surface area contributed by atoms with Gasteiger partial charge in [0.25, 0.3) is 0 Å². The van der Waals surface area contributed by atoms with Crippen molar-refractivity contribution < 1.29 is 19.4 Å². The zero-order valence-electron chi connectivity index (χ0n) is 18.2. The van der Waals surface area contributed by atoms with Gasteiger partial charge in [0, 0.05) is 23.5 Å². The first kappa shape index (κ1) is 19.6. The molecule has 0 bridgehead atoms. The van der Waals surface area contributed by atoms with E-state index in [-0.39, 0.29) is 11.4 Å². The fourth-order valence-corrected chi connectivity index (χ4v) is 6.85. The van der Waals surface area contributed by atoms with Crippen LogP contribution in [0.5, 0.6) is 0 Å². The van der Waals surface area contributed by atoms with Crippen LogP contribution in [0, 0.1) is 17.3 Å². The molecular formula is C25H34O4. The first-order valence-corrected chi connectivity index (χ1v) is 11.3. The van der Waals surface area contributed by atoms with Gasteiger partial charge in [-0.15, -0.1) is 6.58 Å². The summed E-state index contributed by atoms with van der Waals surface area (Å²) in [5, 5.41) is 10.7. The average molecular weight is 399 g/mol. The van der Waals surface area contributed by atoms with Crippen molar-refractivity contribution in [1.82, 2.24) is 0 Å². The summed E-state index contributed by atoms with van der Waals surface area (Å²) in [6, 6.07) is 0. The number of aliphatic hydroxyl groups is 1. The van der Waals surface area contributed by atoms with Crippen LogP contribution >= 0.6 is 0 Å². The van der Waals surface area contributed by atoms with Crippen molar-refractivity contribution in [1.29, 1.82) is 0 Å². The molecule has 5 rings (SSSR count). The van der Waals surface area contributed by atoms with E-state index >= 15 is 0 Å². The molecule has 29 heavy (non-hydrogen) atoms. The number of Topliss-reactive ketones (excluding diaryl/α,β-unsaturated/α-hetero) is 1. The second-order valence-electron chi connectivity index (χ2n) is 10.9. The number of hydrogen-bond acceptors (Lipinski definition) is 4.